The third kappa shape index (κ3) is 3.83. The van der Waals surface area contributed by atoms with Crippen LogP contribution in [0.15, 0.2) is 26.9 Å². The molecule has 0 atom stereocenters. The maximum absolute atomic E-state index is 13.9. The van der Waals surface area contributed by atoms with Gasteiger partial charge >= 0.3 is 5.97 Å². The van der Waals surface area contributed by atoms with E-state index in [0.717, 1.165) is 23.3 Å². The summed E-state index contributed by atoms with van der Waals surface area (Å²) < 4.78 is 50.7. The van der Waals surface area contributed by atoms with Crippen LogP contribution in [0.3, 0.4) is 0 Å². The van der Waals surface area contributed by atoms with Crippen LogP contribution in [-0.4, -0.2) is 46.5 Å². The lowest BCUT2D eigenvalue weighted by molar-refractivity contribution is 0.0601. The molecule has 1 amide bonds. The van der Waals surface area contributed by atoms with E-state index < -0.39 is 26.8 Å². The molecule has 0 radical (unpaired) electrons. The molecule has 0 saturated carbocycles. The van der Waals surface area contributed by atoms with Crippen molar-refractivity contribution in [2.24, 2.45) is 5.14 Å². The maximum atomic E-state index is 13.9. The van der Waals surface area contributed by atoms with Crippen LogP contribution in [0.25, 0.3) is 0 Å². The highest BCUT2D eigenvalue weighted by Gasteiger charge is 2.39. The number of aromatic nitrogens is 1. The molecule has 2 aromatic heterocycles. The van der Waals surface area contributed by atoms with Crippen molar-refractivity contribution in [1.29, 1.82) is 0 Å². The molecule has 4 rings (SSSR count). The highest BCUT2D eigenvalue weighted by atomic mass is 35.5. The van der Waals surface area contributed by atoms with E-state index in [-0.39, 0.29) is 56.8 Å². The minimum absolute atomic E-state index is 0.0717. The summed E-state index contributed by atoms with van der Waals surface area (Å²) in [6.07, 6.45) is 0. The number of benzene rings is 1. The third-order valence-corrected chi connectivity index (χ3v) is 7.16. The largest absolute Gasteiger partial charge is 0.491 e. The second-order valence-electron chi connectivity index (χ2n) is 6.72. The Morgan fingerprint density at radius 1 is 1.29 bits per heavy atom. The first kappa shape index (κ1) is 23.8. The quantitative estimate of drug-likeness (QED) is 0.470. The Hall–Kier alpha value is -3.33. The van der Waals surface area contributed by atoms with E-state index in [4.69, 9.17) is 40.2 Å². The molecule has 1 aliphatic heterocycles. The number of halogens is 1. The number of methoxy groups -OCH3 is 2. The Balaban J connectivity index is 2.08. The fraction of sp³-hybridized carbons (Fsp3) is 0.211. The number of esters is 1. The van der Waals surface area contributed by atoms with Crippen LogP contribution in [0, 0.1) is 6.92 Å². The number of ether oxygens (including phenoxy) is 4. The van der Waals surface area contributed by atoms with Crippen LogP contribution in [0.5, 0.6) is 17.2 Å². The molecule has 0 bridgehead atoms. The van der Waals surface area contributed by atoms with Crippen molar-refractivity contribution < 1.29 is 41.5 Å². The predicted molar refractivity (Wildman–Crippen MR) is 119 cm³/mol. The number of aryl methyl sites for hydroxylation is 1. The van der Waals surface area contributed by atoms with E-state index in [1.54, 1.807) is 0 Å². The zero-order chi connectivity index (χ0) is 24.8. The highest BCUT2D eigenvalue weighted by molar-refractivity contribution is 7.89. The average Bonchev–Trinajstić information content (AvgIpc) is 3.54. The van der Waals surface area contributed by atoms with Gasteiger partial charge in [0.05, 0.1) is 19.8 Å². The number of carbonyl (C=O) groups is 2. The number of hydrogen-bond acceptors (Lipinski definition) is 11. The zero-order valence-electron chi connectivity index (χ0n) is 17.8. The maximum Gasteiger partial charge on any atom is 0.340 e. The molecule has 0 saturated heterocycles. The van der Waals surface area contributed by atoms with Crippen LogP contribution in [0.1, 0.15) is 25.7 Å². The lowest BCUT2D eigenvalue weighted by Crippen LogP contribution is -2.29. The van der Waals surface area contributed by atoms with Gasteiger partial charge in [-0.25, -0.2) is 23.3 Å². The van der Waals surface area contributed by atoms with Crippen LogP contribution >= 0.6 is 22.9 Å². The van der Waals surface area contributed by atoms with E-state index >= 15 is 0 Å². The number of primary sulfonamides is 1. The molecule has 12 nitrogen and oxygen atoms in total. The van der Waals surface area contributed by atoms with Gasteiger partial charge < -0.3 is 23.5 Å². The molecule has 0 aliphatic carbocycles. The summed E-state index contributed by atoms with van der Waals surface area (Å²) in [6, 6.07) is 2.47. The van der Waals surface area contributed by atoms with E-state index in [0.29, 0.717) is 0 Å². The number of amides is 1. The first-order valence-electron chi connectivity index (χ1n) is 9.25. The SMILES string of the molecule is COC(=O)c1cc2c(c(OC)c1N(C(=O)c1sccc1S(N)(=O)=O)c1onc(C)c1Cl)OCO2. The summed E-state index contributed by atoms with van der Waals surface area (Å²) in [5.41, 5.74) is -0.155. The molecule has 0 unspecified atom stereocenters. The number of carbonyl (C=O) groups excluding carboxylic acids is 2. The second-order valence-corrected chi connectivity index (χ2v) is 9.54. The Labute approximate surface area is 201 Å². The number of thiophene rings is 1. The van der Waals surface area contributed by atoms with Gasteiger partial charge in [0, 0.05) is 6.07 Å². The Kier molecular flexibility index (Phi) is 6.16. The number of nitrogens with zero attached hydrogens (tertiary/aromatic N) is 2. The van der Waals surface area contributed by atoms with Crippen LogP contribution in [-0.2, 0) is 14.8 Å². The van der Waals surface area contributed by atoms with Gasteiger partial charge in [-0.3, -0.25) is 4.79 Å². The summed E-state index contributed by atoms with van der Waals surface area (Å²) in [5.74, 6) is -1.96. The van der Waals surface area contributed by atoms with Crippen molar-refractivity contribution in [3.05, 3.63) is 38.7 Å². The summed E-state index contributed by atoms with van der Waals surface area (Å²) in [5, 5.41) is 10.4. The van der Waals surface area contributed by atoms with E-state index in [1.807, 2.05) is 0 Å². The normalized spacial score (nSPS) is 12.5. The molecule has 0 spiro atoms. The fourth-order valence-electron chi connectivity index (χ4n) is 3.24. The van der Waals surface area contributed by atoms with Crippen LogP contribution < -0.4 is 24.2 Å². The molecule has 2 N–H and O–H groups in total. The number of rotatable bonds is 6. The number of fused-ring (bicyclic) bond motifs is 1. The lowest BCUT2D eigenvalue weighted by Gasteiger charge is -2.24. The van der Waals surface area contributed by atoms with Gasteiger partial charge in [0.2, 0.25) is 22.6 Å². The number of nitrogens with two attached hydrogens (primary N) is 1. The third-order valence-electron chi connectivity index (χ3n) is 4.74. The second kappa shape index (κ2) is 8.79. The van der Waals surface area contributed by atoms with Crippen molar-refractivity contribution in [3.63, 3.8) is 0 Å². The van der Waals surface area contributed by atoms with Gasteiger partial charge in [-0.15, -0.1) is 11.3 Å². The monoisotopic (exact) mass is 529 g/mol. The highest BCUT2D eigenvalue weighted by Crippen LogP contribution is 2.52. The molecule has 34 heavy (non-hydrogen) atoms. The Bertz CT molecular complexity index is 1410. The first-order valence-corrected chi connectivity index (χ1v) is 12.1. The topological polar surface area (TPSA) is 160 Å². The van der Waals surface area contributed by atoms with Gasteiger partial charge in [0.15, 0.2) is 11.5 Å². The van der Waals surface area contributed by atoms with Gasteiger partial charge in [-0.1, -0.05) is 16.8 Å². The first-order chi connectivity index (χ1) is 16.1. The van der Waals surface area contributed by atoms with Gasteiger partial charge in [-0.05, 0) is 18.4 Å². The molecule has 1 aromatic carbocycles. The summed E-state index contributed by atoms with van der Waals surface area (Å²) in [6.45, 7) is 1.35. The summed E-state index contributed by atoms with van der Waals surface area (Å²) in [7, 11) is -1.86. The summed E-state index contributed by atoms with van der Waals surface area (Å²) >= 11 is 7.17. The summed E-state index contributed by atoms with van der Waals surface area (Å²) in [4.78, 5) is 26.8. The van der Waals surface area contributed by atoms with Gasteiger partial charge in [0.1, 0.15) is 26.2 Å². The molecular formula is C19H16ClN3O9S2. The Morgan fingerprint density at radius 2 is 2.03 bits per heavy atom. The molecule has 3 heterocycles. The number of anilines is 2. The minimum Gasteiger partial charge on any atom is -0.491 e. The van der Waals surface area contributed by atoms with Crippen molar-refractivity contribution in [2.75, 3.05) is 25.9 Å². The zero-order valence-corrected chi connectivity index (χ0v) is 20.2. The lowest BCUT2D eigenvalue weighted by atomic mass is 10.1. The van der Waals surface area contributed by atoms with E-state index in [1.165, 1.54) is 31.5 Å². The minimum atomic E-state index is -4.28. The van der Waals surface area contributed by atoms with Crippen LogP contribution in [0.4, 0.5) is 11.6 Å². The number of sulfonamides is 1. The van der Waals surface area contributed by atoms with Gasteiger partial charge in [-0.2, -0.15) is 0 Å². The van der Waals surface area contributed by atoms with Crippen molar-refractivity contribution in [2.45, 2.75) is 11.8 Å². The fourth-order valence-corrected chi connectivity index (χ4v) is 5.29. The smallest absolute Gasteiger partial charge is 0.340 e. The average molecular weight is 530 g/mol. The molecule has 180 valence electrons. The molecule has 0 fully saturated rings. The molecule has 3 aromatic rings. The molecule has 15 heteroatoms. The van der Waals surface area contributed by atoms with Gasteiger partial charge in [0.25, 0.3) is 11.8 Å². The van der Waals surface area contributed by atoms with Crippen molar-refractivity contribution in [3.8, 4) is 17.2 Å². The predicted octanol–water partition coefficient (Wildman–Crippen LogP) is 2.85. The van der Waals surface area contributed by atoms with E-state index in [2.05, 4.69) is 5.16 Å². The molecular weight excluding hydrogens is 514 g/mol. The van der Waals surface area contributed by atoms with E-state index in [9.17, 15) is 18.0 Å². The van der Waals surface area contributed by atoms with Crippen molar-refractivity contribution in [1.82, 2.24) is 5.16 Å². The van der Waals surface area contributed by atoms with Crippen molar-refractivity contribution >= 4 is 56.4 Å². The molecule has 1 aliphatic rings. The number of hydrogen-bond donors (Lipinski definition) is 1. The Morgan fingerprint density at radius 3 is 2.62 bits per heavy atom. The van der Waals surface area contributed by atoms with Crippen LogP contribution in [0.2, 0.25) is 5.02 Å². The standard InChI is InChI=1S/C19H16ClN3O9S2/c1-8-12(20)18(32-22-8)23(17(24)16-11(4-5-33-16)34(21,26)27)13-9(19(25)29-3)6-10-14(15(13)28-2)31-7-30-10/h4-6H,7H2,1-3H3,(H2,21,26,27).